The molecule has 1 aliphatic rings. The van der Waals surface area contributed by atoms with Crippen LogP contribution in [0, 0.1) is 5.41 Å². The maximum atomic E-state index is 12.3. The third kappa shape index (κ3) is 2.70. The molecule has 98 valence electrons. The van der Waals surface area contributed by atoms with Gasteiger partial charge in [0.1, 0.15) is 5.82 Å². The average Bonchev–Trinajstić information content (AvgIpc) is 2.40. The highest BCUT2D eigenvalue weighted by Gasteiger charge is 2.33. The van der Waals surface area contributed by atoms with E-state index in [4.69, 9.17) is 11.5 Å². The van der Waals surface area contributed by atoms with Gasteiger partial charge in [-0.3, -0.25) is 4.79 Å². The first-order valence-corrected chi connectivity index (χ1v) is 6.61. The van der Waals surface area contributed by atoms with Gasteiger partial charge >= 0.3 is 0 Å². The molecule has 2 rings (SSSR count). The Morgan fingerprint density at radius 2 is 2.06 bits per heavy atom. The molecule has 4 nitrogen and oxygen atoms in total. The highest BCUT2D eigenvalue weighted by atomic mass is 16.1. The highest BCUT2D eigenvalue weighted by molar-refractivity contribution is 6.00. The molecule has 0 radical (unpaired) electrons. The number of anilines is 1. The van der Waals surface area contributed by atoms with Gasteiger partial charge in [-0.15, -0.1) is 0 Å². The summed E-state index contributed by atoms with van der Waals surface area (Å²) in [5.41, 5.74) is 12.2. The molecule has 4 N–H and O–H groups in total. The van der Waals surface area contributed by atoms with Gasteiger partial charge in [-0.2, -0.15) is 0 Å². The van der Waals surface area contributed by atoms with Crippen molar-refractivity contribution in [2.24, 2.45) is 11.1 Å². The molecule has 0 spiro atoms. The number of hydrogen-bond donors (Lipinski definition) is 2. The van der Waals surface area contributed by atoms with E-state index >= 15 is 0 Å². The lowest BCUT2D eigenvalue weighted by atomic mass is 9.70. The van der Waals surface area contributed by atoms with Gasteiger partial charge in [0.2, 0.25) is 0 Å². The zero-order chi connectivity index (χ0) is 13.0. The van der Waals surface area contributed by atoms with Crippen molar-refractivity contribution in [1.29, 1.82) is 0 Å². The molecule has 1 heterocycles. The Bertz CT molecular complexity index is 425. The molecule has 0 atom stereocenters. The third-order valence-corrected chi connectivity index (χ3v) is 4.02. The molecule has 0 bridgehead atoms. The zero-order valence-corrected chi connectivity index (χ0v) is 10.7. The molecule has 4 heteroatoms. The summed E-state index contributed by atoms with van der Waals surface area (Å²) in [5.74, 6) is 0.401. The molecule has 1 fully saturated rings. The lowest BCUT2D eigenvalue weighted by Gasteiger charge is -2.35. The maximum Gasteiger partial charge on any atom is 0.167 e. The summed E-state index contributed by atoms with van der Waals surface area (Å²) >= 11 is 0. The summed E-state index contributed by atoms with van der Waals surface area (Å²) in [6.45, 7) is 0.582. The van der Waals surface area contributed by atoms with Crippen LogP contribution in [0.15, 0.2) is 18.3 Å². The van der Waals surface area contributed by atoms with E-state index < -0.39 is 0 Å². The molecule has 1 aromatic heterocycles. The number of aromatic nitrogens is 1. The fraction of sp³-hybridized carbons (Fsp3) is 0.571. The number of carbonyl (C=O) groups excluding carboxylic acids is 1. The van der Waals surface area contributed by atoms with Gasteiger partial charge in [0.25, 0.3) is 0 Å². The minimum absolute atomic E-state index is 0.0163. The smallest absolute Gasteiger partial charge is 0.167 e. The molecule has 1 aromatic rings. The van der Waals surface area contributed by atoms with Crippen LogP contribution in [-0.4, -0.2) is 17.3 Å². The largest absolute Gasteiger partial charge is 0.383 e. The van der Waals surface area contributed by atoms with Gasteiger partial charge in [0.05, 0.1) is 5.56 Å². The molecule has 0 aromatic carbocycles. The van der Waals surface area contributed by atoms with E-state index in [1.807, 2.05) is 0 Å². The molecule has 18 heavy (non-hydrogen) atoms. The normalized spacial score (nSPS) is 18.5. The van der Waals surface area contributed by atoms with Gasteiger partial charge in [-0.1, -0.05) is 19.3 Å². The van der Waals surface area contributed by atoms with Gasteiger partial charge in [0, 0.05) is 12.6 Å². The lowest BCUT2D eigenvalue weighted by Crippen LogP contribution is -2.35. The van der Waals surface area contributed by atoms with Crippen LogP contribution in [0.1, 0.15) is 48.9 Å². The number of rotatable bonds is 4. The predicted molar refractivity (Wildman–Crippen MR) is 72.2 cm³/mol. The third-order valence-electron chi connectivity index (χ3n) is 4.02. The first-order chi connectivity index (χ1) is 8.67. The molecule has 0 aliphatic heterocycles. The Hall–Kier alpha value is -1.42. The van der Waals surface area contributed by atoms with E-state index in [1.165, 1.54) is 19.3 Å². The molecule has 0 unspecified atom stereocenters. The summed E-state index contributed by atoms with van der Waals surface area (Å²) in [6, 6.07) is 3.50. The van der Waals surface area contributed by atoms with Crippen molar-refractivity contribution in [3.05, 3.63) is 23.9 Å². The standard InChI is InChI=1S/C14H21N3O/c15-10-14(6-2-1-3-7-14)9-12(18)11-5-4-8-17-13(11)16/h4-5,8H,1-3,6-7,9-10,15H2,(H2,16,17). The Kier molecular flexibility index (Phi) is 3.97. The SMILES string of the molecule is NCC1(CC(=O)c2cccnc2N)CCCCC1. The van der Waals surface area contributed by atoms with Crippen LogP contribution in [0.4, 0.5) is 5.82 Å². The Morgan fingerprint density at radius 1 is 1.33 bits per heavy atom. The number of pyridine rings is 1. The summed E-state index contributed by atoms with van der Waals surface area (Å²) in [5, 5.41) is 0. The maximum absolute atomic E-state index is 12.3. The van der Waals surface area contributed by atoms with E-state index in [-0.39, 0.29) is 11.2 Å². The van der Waals surface area contributed by atoms with Crippen LogP contribution >= 0.6 is 0 Å². The molecule has 1 aliphatic carbocycles. The topological polar surface area (TPSA) is 82.0 Å². The number of ketones is 1. The minimum Gasteiger partial charge on any atom is -0.383 e. The van der Waals surface area contributed by atoms with Crippen molar-refractivity contribution in [1.82, 2.24) is 4.98 Å². The van der Waals surface area contributed by atoms with Crippen molar-refractivity contribution in [2.45, 2.75) is 38.5 Å². The second-order valence-corrected chi connectivity index (χ2v) is 5.30. The number of carbonyl (C=O) groups is 1. The number of nitrogens with zero attached hydrogens (tertiary/aromatic N) is 1. The van der Waals surface area contributed by atoms with Crippen molar-refractivity contribution in [2.75, 3.05) is 12.3 Å². The molecule has 1 saturated carbocycles. The van der Waals surface area contributed by atoms with Crippen LogP contribution in [-0.2, 0) is 0 Å². The fourth-order valence-electron chi connectivity index (χ4n) is 2.84. The lowest BCUT2D eigenvalue weighted by molar-refractivity contribution is 0.0868. The summed E-state index contributed by atoms with van der Waals surface area (Å²) in [6.07, 6.45) is 7.81. The zero-order valence-electron chi connectivity index (χ0n) is 10.7. The van der Waals surface area contributed by atoms with Gasteiger partial charge in [-0.05, 0) is 36.9 Å². The van der Waals surface area contributed by atoms with Crippen LogP contribution < -0.4 is 11.5 Å². The monoisotopic (exact) mass is 247 g/mol. The van der Waals surface area contributed by atoms with Crippen LogP contribution in [0.3, 0.4) is 0 Å². The van der Waals surface area contributed by atoms with E-state index in [2.05, 4.69) is 4.98 Å². The second kappa shape index (κ2) is 5.48. The van der Waals surface area contributed by atoms with Crippen molar-refractivity contribution >= 4 is 11.6 Å². The van der Waals surface area contributed by atoms with Crippen molar-refractivity contribution < 1.29 is 4.79 Å². The fourth-order valence-corrected chi connectivity index (χ4v) is 2.84. The van der Waals surface area contributed by atoms with Crippen LogP contribution in [0.5, 0.6) is 0 Å². The number of Topliss-reactive ketones (excluding diaryl/α,β-unsaturated/α-hetero) is 1. The average molecular weight is 247 g/mol. The Morgan fingerprint density at radius 3 is 2.67 bits per heavy atom. The summed E-state index contributed by atoms with van der Waals surface area (Å²) in [4.78, 5) is 16.3. The van der Waals surface area contributed by atoms with Crippen molar-refractivity contribution in [3.63, 3.8) is 0 Å². The summed E-state index contributed by atoms with van der Waals surface area (Å²) < 4.78 is 0. The van der Waals surface area contributed by atoms with Crippen molar-refractivity contribution in [3.8, 4) is 0 Å². The van der Waals surface area contributed by atoms with Gasteiger partial charge in [-0.25, -0.2) is 4.98 Å². The van der Waals surface area contributed by atoms with Gasteiger partial charge in [0.15, 0.2) is 5.78 Å². The quantitative estimate of drug-likeness (QED) is 0.799. The molecular weight excluding hydrogens is 226 g/mol. The van der Waals surface area contributed by atoms with E-state index in [1.54, 1.807) is 18.3 Å². The van der Waals surface area contributed by atoms with Crippen LogP contribution in [0.25, 0.3) is 0 Å². The minimum atomic E-state index is -0.0163. The number of nitrogen functional groups attached to an aromatic ring is 1. The predicted octanol–water partition coefficient (Wildman–Crippen LogP) is 2.15. The van der Waals surface area contributed by atoms with E-state index in [0.717, 1.165) is 12.8 Å². The highest BCUT2D eigenvalue weighted by Crippen LogP contribution is 2.39. The molecule has 0 saturated heterocycles. The number of hydrogen-bond acceptors (Lipinski definition) is 4. The molecular formula is C14H21N3O. The number of nitrogens with two attached hydrogens (primary N) is 2. The Labute approximate surface area is 108 Å². The van der Waals surface area contributed by atoms with Gasteiger partial charge < -0.3 is 11.5 Å². The summed E-state index contributed by atoms with van der Waals surface area (Å²) in [7, 11) is 0. The molecule has 0 amide bonds. The van der Waals surface area contributed by atoms with E-state index in [9.17, 15) is 4.79 Å². The van der Waals surface area contributed by atoms with Crippen LogP contribution in [0.2, 0.25) is 0 Å². The Balaban J connectivity index is 2.13. The first-order valence-electron chi connectivity index (χ1n) is 6.61. The first kappa shape index (κ1) is 13.0. The second-order valence-electron chi connectivity index (χ2n) is 5.30. The van der Waals surface area contributed by atoms with E-state index in [0.29, 0.717) is 24.3 Å².